The quantitative estimate of drug-likeness (QED) is 0.741. The Bertz CT molecular complexity index is 917. The summed E-state index contributed by atoms with van der Waals surface area (Å²) in [6.07, 6.45) is 1.44. The zero-order chi connectivity index (χ0) is 20.2. The number of nitrogens with one attached hydrogen (secondary N) is 1. The molecular formula is C18H25N3O5S. The lowest BCUT2D eigenvalue weighted by Gasteiger charge is -2.17. The molecule has 0 spiro atoms. The Morgan fingerprint density at radius 2 is 1.74 bits per heavy atom. The van der Waals surface area contributed by atoms with Gasteiger partial charge in [-0.2, -0.15) is 4.31 Å². The van der Waals surface area contributed by atoms with Gasteiger partial charge in [-0.1, -0.05) is 13.8 Å². The lowest BCUT2D eigenvalue weighted by molar-refractivity contribution is 0.101. The summed E-state index contributed by atoms with van der Waals surface area (Å²) in [7, 11) is 1.03. The number of carbonyl (C=O) groups excluding carboxylic acids is 1. The standard InChI is InChI=1S/C18H25N3O5S/c1-6-21(7-2)27(23,24)14-11-15(20(3)12-14)18(22)19-13-8-9-16(25-4)17(10-13)26-5/h8-12H,6-7H2,1-5H3,(H,19,22). The molecule has 27 heavy (non-hydrogen) atoms. The Morgan fingerprint density at radius 3 is 2.30 bits per heavy atom. The number of benzene rings is 1. The molecule has 0 bridgehead atoms. The first-order chi connectivity index (χ1) is 12.8. The van der Waals surface area contributed by atoms with Crippen LogP contribution < -0.4 is 14.8 Å². The molecule has 0 fully saturated rings. The predicted octanol–water partition coefficient (Wildman–Crippen LogP) is 2.33. The first-order valence-corrected chi connectivity index (χ1v) is 9.92. The van der Waals surface area contributed by atoms with Gasteiger partial charge in [0.2, 0.25) is 10.0 Å². The number of rotatable bonds is 8. The summed E-state index contributed by atoms with van der Waals surface area (Å²) in [6, 6.07) is 6.36. The number of hydrogen-bond acceptors (Lipinski definition) is 5. The number of nitrogens with zero attached hydrogens (tertiary/aromatic N) is 2. The minimum atomic E-state index is -3.63. The predicted molar refractivity (Wildman–Crippen MR) is 103 cm³/mol. The van der Waals surface area contributed by atoms with E-state index in [2.05, 4.69) is 5.32 Å². The molecule has 0 aliphatic carbocycles. The highest BCUT2D eigenvalue weighted by Gasteiger charge is 2.25. The molecule has 1 amide bonds. The van der Waals surface area contributed by atoms with Crippen molar-refractivity contribution >= 4 is 21.6 Å². The lowest BCUT2D eigenvalue weighted by atomic mass is 10.2. The number of aromatic nitrogens is 1. The molecule has 8 nitrogen and oxygen atoms in total. The molecule has 0 unspecified atom stereocenters. The minimum absolute atomic E-state index is 0.0890. The van der Waals surface area contributed by atoms with Gasteiger partial charge in [-0.3, -0.25) is 4.79 Å². The van der Waals surface area contributed by atoms with Crippen molar-refractivity contribution in [3.8, 4) is 11.5 Å². The molecule has 2 aromatic rings. The van der Waals surface area contributed by atoms with Crippen molar-refractivity contribution in [1.82, 2.24) is 8.87 Å². The van der Waals surface area contributed by atoms with Crippen molar-refractivity contribution in [1.29, 1.82) is 0 Å². The molecule has 0 saturated carbocycles. The van der Waals surface area contributed by atoms with Crippen molar-refractivity contribution in [2.45, 2.75) is 18.7 Å². The first-order valence-electron chi connectivity index (χ1n) is 8.48. The van der Waals surface area contributed by atoms with Crippen molar-refractivity contribution in [3.05, 3.63) is 36.2 Å². The SMILES string of the molecule is CCN(CC)S(=O)(=O)c1cc(C(=O)Nc2ccc(OC)c(OC)c2)n(C)c1. The Morgan fingerprint density at radius 1 is 1.11 bits per heavy atom. The third kappa shape index (κ3) is 4.25. The van der Waals surface area contributed by atoms with Crippen LogP contribution in [0.3, 0.4) is 0 Å². The van der Waals surface area contributed by atoms with Crippen LogP contribution in [0.15, 0.2) is 35.4 Å². The smallest absolute Gasteiger partial charge is 0.272 e. The number of carbonyl (C=O) groups is 1. The molecule has 9 heteroatoms. The van der Waals surface area contributed by atoms with Crippen LogP contribution >= 0.6 is 0 Å². The van der Waals surface area contributed by atoms with Crippen LogP contribution in [-0.2, 0) is 17.1 Å². The summed E-state index contributed by atoms with van der Waals surface area (Å²) in [4.78, 5) is 12.7. The summed E-state index contributed by atoms with van der Waals surface area (Å²) in [6.45, 7) is 4.27. The van der Waals surface area contributed by atoms with Crippen LogP contribution in [0.2, 0.25) is 0 Å². The second-order valence-electron chi connectivity index (χ2n) is 5.79. The van der Waals surface area contributed by atoms with Gasteiger partial charge in [0.05, 0.1) is 14.2 Å². The number of methoxy groups -OCH3 is 2. The highest BCUT2D eigenvalue weighted by atomic mass is 32.2. The van der Waals surface area contributed by atoms with Crippen molar-refractivity contribution in [2.75, 3.05) is 32.6 Å². The van der Waals surface area contributed by atoms with E-state index in [9.17, 15) is 13.2 Å². The topological polar surface area (TPSA) is 89.9 Å². The van der Waals surface area contributed by atoms with Gasteiger partial charge in [-0.15, -0.1) is 0 Å². The van der Waals surface area contributed by atoms with E-state index in [1.165, 1.54) is 35.4 Å². The molecule has 148 valence electrons. The summed E-state index contributed by atoms with van der Waals surface area (Å²) < 4.78 is 38.5. The molecule has 1 aromatic carbocycles. The third-order valence-electron chi connectivity index (χ3n) is 4.20. The van der Waals surface area contributed by atoms with E-state index in [1.807, 2.05) is 0 Å². The van der Waals surface area contributed by atoms with E-state index in [0.717, 1.165) is 0 Å². The monoisotopic (exact) mass is 395 g/mol. The number of aryl methyl sites for hydroxylation is 1. The second kappa shape index (κ2) is 8.45. The van der Waals surface area contributed by atoms with E-state index in [-0.39, 0.29) is 10.6 Å². The number of sulfonamides is 1. The van der Waals surface area contributed by atoms with Crippen LogP contribution in [0.1, 0.15) is 24.3 Å². The maximum atomic E-state index is 12.6. The lowest BCUT2D eigenvalue weighted by Crippen LogP contribution is -2.30. The van der Waals surface area contributed by atoms with E-state index >= 15 is 0 Å². The number of hydrogen-bond donors (Lipinski definition) is 1. The van der Waals surface area contributed by atoms with E-state index in [1.54, 1.807) is 39.1 Å². The van der Waals surface area contributed by atoms with Crippen LogP contribution in [0.4, 0.5) is 5.69 Å². The molecule has 0 saturated heterocycles. The average molecular weight is 395 g/mol. The fourth-order valence-corrected chi connectivity index (χ4v) is 4.25. The molecule has 1 heterocycles. The molecule has 1 aromatic heterocycles. The van der Waals surface area contributed by atoms with E-state index in [0.29, 0.717) is 30.3 Å². The normalized spacial score (nSPS) is 11.5. The van der Waals surface area contributed by atoms with Gasteiger partial charge < -0.3 is 19.4 Å². The van der Waals surface area contributed by atoms with Gasteiger partial charge >= 0.3 is 0 Å². The summed E-state index contributed by atoms with van der Waals surface area (Å²) in [5.41, 5.74) is 0.738. The highest BCUT2D eigenvalue weighted by molar-refractivity contribution is 7.89. The molecule has 0 radical (unpaired) electrons. The average Bonchev–Trinajstić information content (AvgIpc) is 3.05. The Labute approximate surface area is 159 Å². The summed E-state index contributed by atoms with van der Waals surface area (Å²) >= 11 is 0. The Hall–Kier alpha value is -2.52. The zero-order valence-corrected chi connectivity index (χ0v) is 17.0. The third-order valence-corrected chi connectivity index (χ3v) is 6.21. The summed E-state index contributed by atoms with van der Waals surface area (Å²) in [5.74, 6) is 0.597. The van der Waals surface area contributed by atoms with Crippen LogP contribution in [0.5, 0.6) is 11.5 Å². The second-order valence-corrected chi connectivity index (χ2v) is 7.72. The molecule has 0 aliphatic heterocycles. The molecule has 0 aliphatic rings. The van der Waals surface area contributed by atoms with E-state index < -0.39 is 15.9 Å². The van der Waals surface area contributed by atoms with Gasteiger partial charge in [0.1, 0.15) is 10.6 Å². The maximum Gasteiger partial charge on any atom is 0.272 e. The van der Waals surface area contributed by atoms with Gasteiger partial charge in [0.25, 0.3) is 5.91 Å². The number of ether oxygens (including phenoxy) is 2. The van der Waals surface area contributed by atoms with Crippen molar-refractivity contribution in [2.24, 2.45) is 7.05 Å². The largest absolute Gasteiger partial charge is 0.493 e. The molecule has 2 rings (SSSR count). The number of anilines is 1. The van der Waals surface area contributed by atoms with Crippen LogP contribution in [0, 0.1) is 0 Å². The van der Waals surface area contributed by atoms with Gasteiger partial charge in [-0.05, 0) is 18.2 Å². The minimum Gasteiger partial charge on any atom is -0.493 e. The van der Waals surface area contributed by atoms with Crippen molar-refractivity contribution < 1.29 is 22.7 Å². The van der Waals surface area contributed by atoms with Crippen LogP contribution in [-0.4, -0.2) is 50.5 Å². The molecule has 1 N–H and O–H groups in total. The van der Waals surface area contributed by atoms with Gasteiger partial charge in [0, 0.05) is 38.1 Å². The fraction of sp³-hybridized carbons (Fsp3) is 0.389. The highest BCUT2D eigenvalue weighted by Crippen LogP contribution is 2.30. The van der Waals surface area contributed by atoms with E-state index in [4.69, 9.17) is 9.47 Å². The fourth-order valence-electron chi connectivity index (χ4n) is 2.72. The maximum absolute atomic E-state index is 12.6. The van der Waals surface area contributed by atoms with Gasteiger partial charge in [0.15, 0.2) is 11.5 Å². The Balaban J connectivity index is 2.29. The van der Waals surface area contributed by atoms with Crippen LogP contribution in [0.25, 0.3) is 0 Å². The van der Waals surface area contributed by atoms with Crippen molar-refractivity contribution in [3.63, 3.8) is 0 Å². The molecular weight excluding hydrogens is 370 g/mol. The first kappa shape index (κ1) is 20.8. The van der Waals surface area contributed by atoms with Gasteiger partial charge in [-0.25, -0.2) is 8.42 Å². The number of amides is 1. The summed E-state index contributed by atoms with van der Waals surface area (Å²) in [5, 5.41) is 2.74. The Kier molecular flexibility index (Phi) is 6.50. The molecule has 0 atom stereocenters. The zero-order valence-electron chi connectivity index (χ0n) is 16.1.